The molecule has 1 fully saturated rings. The van der Waals surface area contributed by atoms with Crippen molar-refractivity contribution >= 4 is 11.6 Å². The minimum Gasteiger partial charge on any atom is -0.309 e. The van der Waals surface area contributed by atoms with Gasteiger partial charge in [-0.25, -0.2) is 0 Å². The Bertz CT molecular complexity index is 546. The second kappa shape index (κ2) is 6.04. The van der Waals surface area contributed by atoms with Gasteiger partial charge >= 0.3 is 0 Å². The summed E-state index contributed by atoms with van der Waals surface area (Å²) in [5.41, 5.74) is 2.46. The van der Waals surface area contributed by atoms with Gasteiger partial charge in [-0.3, -0.25) is 4.79 Å². The van der Waals surface area contributed by atoms with Crippen LogP contribution in [-0.4, -0.2) is 25.0 Å². The summed E-state index contributed by atoms with van der Waals surface area (Å²) in [4.78, 5) is 15.3. The summed E-state index contributed by atoms with van der Waals surface area (Å²) in [6.07, 6.45) is 6.91. The molecule has 1 unspecified atom stereocenters. The molecule has 2 aliphatic rings. The molecule has 1 heterocycles. The molecule has 22 heavy (non-hydrogen) atoms. The average Bonchev–Trinajstić information content (AvgIpc) is 2.62. The van der Waals surface area contributed by atoms with Gasteiger partial charge in [0.25, 0.3) is 0 Å². The standard InChI is InChI=1S/C19H28N2O/c1-19(2)13-16(20-3)18(22)21(14-9-5-4-6-10-14)17-12-8-7-11-15(17)19/h7-8,11-12,14,16,20H,4-6,9-10,13H2,1-3H3. The van der Waals surface area contributed by atoms with Crippen LogP contribution in [0.2, 0.25) is 0 Å². The number of anilines is 1. The summed E-state index contributed by atoms with van der Waals surface area (Å²) in [7, 11) is 1.91. The SMILES string of the molecule is CNC1CC(C)(C)c2ccccc2N(C2CCCCC2)C1=O. The molecule has 120 valence electrons. The number of amides is 1. The molecule has 1 aliphatic carbocycles. The van der Waals surface area contributed by atoms with Crippen molar-refractivity contribution in [2.75, 3.05) is 11.9 Å². The van der Waals surface area contributed by atoms with E-state index in [1.165, 1.54) is 24.8 Å². The van der Waals surface area contributed by atoms with Gasteiger partial charge in [-0.05, 0) is 43.4 Å². The van der Waals surface area contributed by atoms with E-state index >= 15 is 0 Å². The second-order valence-corrected chi connectivity index (χ2v) is 7.45. The number of carbonyl (C=O) groups is 1. The van der Waals surface area contributed by atoms with Crippen LogP contribution in [-0.2, 0) is 10.2 Å². The first-order valence-electron chi connectivity index (χ1n) is 8.64. The summed E-state index contributed by atoms with van der Waals surface area (Å²) in [5.74, 6) is 0.257. The van der Waals surface area contributed by atoms with Crippen LogP contribution in [0.4, 0.5) is 5.69 Å². The summed E-state index contributed by atoms with van der Waals surface area (Å²) in [5, 5.41) is 3.26. The molecule has 3 nitrogen and oxygen atoms in total. The van der Waals surface area contributed by atoms with Crippen molar-refractivity contribution in [1.82, 2.24) is 5.32 Å². The van der Waals surface area contributed by atoms with Gasteiger partial charge in [0.15, 0.2) is 0 Å². The van der Waals surface area contributed by atoms with Gasteiger partial charge in [0, 0.05) is 11.7 Å². The topological polar surface area (TPSA) is 32.3 Å². The van der Waals surface area contributed by atoms with Crippen molar-refractivity contribution in [2.24, 2.45) is 0 Å². The molecular weight excluding hydrogens is 272 g/mol. The van der Waals surface area contributed by atoms with E-state index in [9.17, 15) is 4.79 Å². The van der Waals surface area contributed by atoms with E-state index in [1.807, 2.05) is 7.05 Å². The summed E-state index contributed by atoms with van der Waals surface area (Å²) < 4.78 is 0. The van der Waals surface area contributed by atoms with Gasteiger partial charge < -0.3 is 10.2 Å². The Morgan fingerprint density at radius 2 is 1.82 bits per heavy atom. The van der Waals surface area contributed by atoms with Crippen molar-refractivity contribution in [1.29, 1.82) is 0 Å². The third-order valence-electron chi connectivity index (χ3n) is 5.43. The zero-order valence-corrected chi connectivity index (χ0v) is 14.1. The van der Waals surface area contributed by atoms with Crippen LogP contribution in [0.5, 0.6) is 0 Å². The van der Waals surface area contributed by atoms with Crippen LogP contribution in [0.15, 0.2) is 24.3 Å². The van der Waals surface area contributed by atoms with Crippen molar-refractivity contribution < 1.29 is 4.79 Å². The second-order valence-electron chi connectivity index (χ2n) is 7.45. The largest absolute Gasteiger partial charge is 0.309 e. The maximum atomic E-state index is 13.2. The van der Waals surface area contributed by atoms with E-state index in [0.29, 0.717) is 6.04 Å². The van der Waals surface area contributed by atoms with Gasteiger partial charge in [-0.2, -0.15) is 0 Å². The highest BCUT2D eigenvalue weighted by atomic mass is 16.2. The van der Waals surface area contributed by atoms with E-state index in [1.54, 1.807) is 0 Å². The Labute approximate surface area is 134 Å². The van der Waals surface area contributed by atoms with Crippen LogP contribution in [0.25, 0.3) is 0 Å². The maximum absolute atomic E-state index is 13.2. The molecule has 3 rings (SSSR count). The Morgan fingerprint density at radius 3 is 2.50 bits per heavy atom. The number of likely N-dealkylation sites (N-methyl/N-ethyl adjacent to an activating group) is 1. The lowest BCUT2D eigenvalue weighted by Crippen LogP contribution is -2.50. The Hall–Kier alpha value is -1.35. The van der Waals surface area contributed by atoms with E-state index in [4.69, 9.17) is 0 Å². The normalized spacial score (nSPS) is 25.7. The number of benzene rings is 1. The molecule has 0 radical (unpaired) electrons. The van der Waals surface area contributed by atoms with Gasteiger partial charge in [-0.15, -0.1) is 0 Å². The third-order valence-corrected chi connectivity index (χ3v) is 5.43. The minimum absolute atomic E-state index is 0.00332. The van der Waals surface area contributed by atoms with E-state index in [-0.39, 0.29) is 17.4 Å². The average molecular weight is 300 g/mol. The van der Waals surface area contributed by atoms with Crippen LogP contribution in [0.1, 0.15) is 57.9 Å². The van der Waals surface area contributed by atoms with Crippen LogP contribution >= 0.6 is 0 Å². The fourth-order valence-electron chi connectivity index (χ4n) is 4.19. The highest BCUT2D eigenvalue weighted by molar-refractivity contribution is 5.99. The first-order chi connectivity index (χ1) is 10.5. The third kappa shape index (κ3) is 2.67. The molecular formula is C19H28N2O. The molecule has 1 saturated carbocycles. The van der Waals surface area contributed by atoms with E-state index in [0.717, 1.165) is 24.9 Å². The number of para-hydroxylation sites is 1. The van der Waals surface area contributed by atoms with Gasteiger partial charge in [0.2, 0.25) is 5.91 Å². The number of fused-ring (bicyclic) bond motifs is 1. The number of rotatable bonds is 2. The number of hydrogen-bond donors (Lipinski definition) is 1. The lowest BCUT2D eigenvalue weighted by molar-refractivity contribution is -0.121. The monoisotopic (exact) mass is 300 g/mol. The van der Waals surface area contributed by atoms with Gasteiger partial charge in [-0.1, -0.05) is 51.3 Å². The first-order valence-corrected chi connectivity index (χ1v) is 8.64. The highest BCUT2D eigenvalue weighted by Gasteiger charge is 2.40. The molecule has 1 aliphatic heterocycles. The predicted octanol–water partition coefficient (Wildman–Crippen LogP) is 3.62. The van der Waals surface area contributed by atoms with Crippen molar-refractivity contribution in [3.8, 4) is 0 Å². The number of hydrogen-bond acceptors (Lipinski definition) is 2. The fourth-order valence-corrected chi connectivity index (χ4v) is 4.19. The van der Waals surface area contributed by atoms with Crippen LogP contribution in [0, 0.1) is 0 Å². The zero-order chi connectivity index (χ0) is 15.7. The minimum atomic E-state index is -0.0932. The van der Waals surface area contributed by atoms with E-state index in [2.05, 4.69) is 48.3 Å². The predicted molar refractivity (Wildman–Crippen MR) is 91.3 cm³/mol. The number of nitrogens with zero attached hydrogens (tertiary/aromatic N) is 1. The Kier molecular flexibility index (Phi) is 4.26. The van der Waals surface area contributed by atoms with Crippen molar-refractivity contribution in [3.05, 3.63) is 29.8 Å². The van der Waals surface area contributed by atoms with Crippen molar-refractivity contribution in [2.45, 2.75) is 69.9 Å². The summed E-state index contributed by atoms with van der Waals surface area (Å²) >= 11 is 0. The van der Waals surface area contributed by atoms with Crippen LogP contribution < -0.4 is 10.2 Å². The zero-order valence-electron chi connectivity index (χ0n) is 14.1. The molecule has 0 saturated heterocycles. The van der Waals surface area contributed by atoms with Crippen LogP contribution in [0.3, 0.4) is 0 Å². The number of carbonyl (C=O) groups excluding carboxylic acids is 1. The molecule has 0 aromatic heterocycles. The molecule has 1 N–H and O–H groups in total. The number of nitrogens with one attached hydrogen (secondary N) is 1. The fraction of sp³-hybridized carbons (Fsp3) is 0.632. The quantitative estimate of drug-likeness (QED) is 0.904. The molecule has 3 heteroatoms. The summed E-state index contributed by atoms with van der Waals surface area (Å²) in [6, 6.07) is 8.79. The first kappa shape index (κ1) is 15.5. The molecule has 0 spiro atoms. The smallest absolute Gasteiger partial charge is 0.244 e. The summed E-state index contributed by atoms with van der Waals surface area (Å²) in [6.45, 7) is 4.52. The lowest BCUT2D eigenvalue weighted by Gasteiger charge is -2.36. The van der Waals surface area contributed by atoms with Gasteiger partial charge in [0.05, 0.1) is 6.04 Å². The Balaban J connectivity index is 2.09. The Morgan fingerprint density at radius 1 is 1.14 bits per heavy atom. The molecule has 0 bridgehead atoms. The van der Waals surface area contributed by atoms with Crippen molar-refractivity contribution in [3.63, 3.8) is 0 Å². The van der Waals surface area contributed by atoms with E-state index < -0.39 is 0 Å². The lowest BCUT2D eigenvalue weighted by atomic mass is 9.79. The highest BCUT2D eigenvalue weighted by Crippen LogP contribution is 2.41. The maximum Gasteiger partial charge on any atom is 0.244 e. The molecule has 1 amide bonds. The van der Waals surface area contributed by atoms with Gasteiger partial charge in [0.1, 0.15) is 0 Å². The molecule has 1 aromatic rings. The molecule has 1 aromatic carbocycles. The molecule has 1 atom stereocenters.